The van der Waals surface area contributed by atoms with Gasteiger partial charge in [-0.15, -0.1) is 0 Å². The maximum Gasteiger partial charge on any atom is 0.132 e. The molecule has 4 heteroatoms. The first kappa shape index (κ1) is 9.54. The van der Waals surface area contributed by atoms with Crippen LogP contribution < -0.4 is 5.32 Å². The second-order valence-electron chi connectivity index (χ2n) is 3.94. The summed E-state index contributed by atoms with van der Waals surface area (Å²) in [5, 5.41) is 10.5. The van der Waals surface area contributed by atoms with Gasteiger partial charge in [-0.3, -0.25) is 5.10 Å². The minimum absolute atomic E-state index is 0.213. The zero-order valence-corrected chi connectivity index (χ0v) is 8.76. The van der Waals surface area contributed by atoms with E-state index in [1.807, 2.05) is 6.07 Å². The van der Waals surface area contributed by atoms with Crippen LogP contribution in [0.5, 0.6) is 0 Å². The van der Waals surface area contributed by atoms with E-state index in [0.29, 0.717) is 5.56 Å². The molecule has 0 saturated carbocycles. The second kappa shape index (κ2) is 3.72. The number of hydrogen-bond acceptors (Lipinski definition) is 2. The molecule has 82 valence electrons. The summed E-state index contributed by atoms with van der Waals surface area (Å²) in [5.41, 5.74) is 3.56. The lowest BCUT2D eigenvalue weighted by Crippen LogP contribution is -2.23. The molecule has 3 nitrogen and oxygen atoms in total. The molecule has 2 aromatic rings. The molecule has 0 amide bonds. The molecule has 3 rings (SSSR count). The largest absolute Gasteiger partial charge is 0.311 e. The first-order valence-electron chi connectivity index (χ1n) is 5.38. The molecule has 1 aromatic carbocycles. The lowest BCUT2D eigenvalue weighted by molar-refractivity contribution is 0.627. The van der Waals surface area contributed by atoms with Crippen LogP contribution in [0, 0.1) is 5.82 Å². The Labute approximate surface area is 92.7 Å². The van der Waals surface area contributed by atoms with Gasteiger partial charge < -0.3 is 5.32 Å². The van der Waals surface area contributed by atoms with Gasteiger partial charge in [-0.25, -0.2) is 4.39 Å². The summed E-state index contributed by atoms with van der Waals surface area (Å²) in [4.78, 5) is 0. The highest BCUT2D eigenvalue weighted by Gasteiger charge is 2.19. The molecule has 0 atom stereocenters. The van der Waals surface area contributed by atoms with Crippen LogP contribution in [0.25, 0.3) is 11.3 Å². The number of aromatic nitrogens is 2. The van der Waals surface area contributed by atoms with E-state index in [1.54, 1.807) is 12.1 Å². The predicted octanol–water partition coefficient (Wildman–Crippen LogP) is 1.86. The Bertz CT molecular complexity index is 519. The topological polar surface area (TPSA) is 40.7 Å². The number of halogens is 1. The zero-order valence-electron chi connectivity index (χ0n) is 8.76. The summed E-state index contributed by atoms with van der Waals surface area (Å²) in [6.07, 6.45) is 0.898. The van der Waals surface area contributed by atoms with Crippen molar-refractivity contribution in [1.82, 2.24) is 15.5 Å². The summed E-state index contributed by atoms with van der Waals surface area (Å²) in [5.74, 6) is -0.213. The minimum atomic E-state index is -0.213. The number of aromatic amines is 1. The van der Waals surface area contributed by atoms with Crippen molar-refractivity contribution in [2.24, 2.45) is 0 Å². The van der Waals surface area contributed by atoms with Crippen LogP contribution in [0.3, 0.4) is 0 Å². The van der Waals surface area contributed by atoms with E-state index in [2.05, 4.69) is 15.5 Å². The summed E-state index contributed by atoms with van der Waals surface area (Å²) in [7, 11) is 0. The van der Waals surface area contributed by atoms with E-state index >= 15 is 0 Å². The second-order valence-corrected chi connectivity index (χ2v) is 3.94. The molecule has 0 unspecified atom stereocenters. The minimum Gasteiger partial charge on any atom is -0.311 e. The fraction of sp³-hybridized carbons (Fsp3) is 0.250. The van der Waals surface area contributed by atoms with Crippen LogP contribution in [0.15, 0.2) is 24.3 Å². The Morgan fingerprint density at radius 2 is 2.12 bits per heavy atom. The van der Waals surface area contributed by atoms with Gasteiger partial charge in [0.05, 0.1) is 11.4 Å². The Balaban J connectivity index is 2.13. The van der Waals surface area contributed by atoms with Crippen molar-refractivity contribution in [3.63, 3.8) is 0 Å². The molecule has 0 fully saturated rings. The molecule has 2 N–H and O–H groups in total. The quantitative estimate of drug-likeness (QED) is 0.765. The molecule has 0 saturated heterocycles. The number of nitrogens with zero attached hydrogens (tertiary/aromatic N) is 1. The predicted molar refractivity (Wildman–Crippen MR) is 59.4 cm³/mol. The lowest BCUT2D eigenvalue weighted by Gasteiger charge is -2.13. The fourth-order valence-corrected chi connectivity index (χ4v) is 2.12. The molecule has 1 aromatic heterocycles. The van der Waals surface area contributed by atoms with E-state index in [1.165, 1.54) is 6.07 Å². The highest BCUT2D eigenvalue weighted by molar-refractivity contribution is 5.64. The molecule has 0 bridgehead atoms. The average Bonchev–Trinajstić information content (AvgIpc) is 2.74. The van der Waals surface area contributed by atoms with Crippen LogP contribution in [0.1, 0.15) is 11.3 Å². The van der Waals surface area contributed by atoms with Crippen molar-refractivity contribution in [2.75, 3.05) is 6.54 Å². The number of H-pyrrole nitrogens is 1. The van der Waals surface area contributed by atoms with Crippen molar-refractivity contribution >= 4 is 0 Å². The molecule has 1 aliphatic rings. The monoisotopic (exact) mass is 217 g/mol. The van der Waals surface area contributed by atoms with Gasteiger partial charge in [0.15, 0.2) is 0 Å². The molecule has 2 heterocycles. The SMILES string of the molecule is Fc1ccccc1-c1n[nH]c2c1CCNC2. The van der Waals surface area contributed by atoms with Crippen LogP contribution in [-0.2, 0) is 13.0 Å². The molecule has 16 heavy (non-hydrogen) atoms. The van der Waals surface area contributed by atoms with E-state index in [9.17, 15) is 4.39 Å². The zero-order chi connectivity index (χ0) is 11.0. The van der Waals surface area contributed by atoms with Crippen molar-refractivity contribution in [3.8, 4) is 11.3 Å². The van der Waals surface area contributed by atoms with Crippen molar-refractivity contribution in [3.05, 3.63) is 41.3 Å². The fourth-order valence-electron chi connectivity index (χ4n) is 2.12. The van der Waals surface area contributed by atoms with Crippen molar-refractivity contribution in [1.29, 1.82) is 0 Å². The Morgan fingerprint density at radius 1 is 1.25 bits per heavy atom. The summed E-state index contributed by atoms with van der Waals surface area (Å²) >= 11 is 0. The molecule has 0 aliphatic carbocycles. The third kappa shape index (κ3) is 1.42. The molecular formula is C12H12FN3. The third-order valence-corrected chi connectivity index (χ3v) is 2.94. The Hall–Kier alpha value is -1.68. The Morgan fingerprint density at radius 3 is 3.00 bits per heavy atom. The molecule has 0 spiro atoms. The van der Waals surface area contributed by atoms with Crippen molar-refractivity contribution in [2.45, 2.75) is 13.0 Å². The average molecular weight is 217 g/mol. The van der Waals surface area contributed by atoms with Crippen LogP contribution >= 0.6 is 0 Å². The standard InChI is InChI=1S/C12H12FN3/c13-10-4-2-1-3-8(10)12-9-5-6-14-7-11(9)15-16-12/h1-4,14H,5-7H2,(H,15,16). The summed E-state index contributed by atoms with van der Waals surface area (Å²) in [6.45, 7) is 1.71. The van der Waals surface area contributed by atoms with E-state index in [4.69, 9.17) is 0 Å². The normalized spacial score (nSPS) is 14.8. The van der Waals surface area contributed by atoms with Gasteiger partial charge in [-0.1, -0.05) is 12.1 Å². The summed E-state index contributed by atoms with van der Waals surface area (Å²) in [6, 6.07) is 6.77. The van der Waals surface area contributed by atoms with Crippen LogP contribution in [-0.4, -0.2) is 16.7 Å². The van der Waals surface area contributed by atoms with E-state index in [0.717, 1.165) is 36.5 Å². The van der Waals surface area contributed by atoms with Gasteiger partial charge in [-0.05, 0) is 25.1 Å². The number of benzene rings is 1. The van der Waals surface area contributed by atoms with Crippen molar-refractivity contribution < 1.29 is 4.39 Å². The molecule has 0 radical (unpaired) electrons. The number of rotatable bonds is 1. The maximum absolute atomic E-state index is 13.7. The van der Waals surface area contributed by atoms with Gasteiger partial charge in [0.2, 0.25) is 0 Å². The highest BCUT2D eigenvalue weighted by atomic mass is 19.1. The first-order chi connectivity index (χ1) is 7.86. The molecular weight excluding hydrogens is 205 g/mol. The van der Waals surface area contributed by atoms with Gasteiger partial charge in [-0.2, -0.15) is 5.10 Å². The number of hydrogen-bond donors (Lipinski definition) is 2. The van der Waals surface area contributed by atoms with E-state index < -0.39 is 0 Å². The Kier molecular flexibility index (Phi) is 2.22. The first-order valence-corrected chi connectivity index (χ1v) is 5.38. The highest BCUT2D eigenvalue weighted by Crippen LogP contribution is 2.27. The van der Waals surface area contributed by atoms with Crippen LogP contribution in [0.4, 0.5) is 4.39 Å². The van der Waals surface area contributed by atoms with Gasteiger partial charge >= 0.3 is 0 Å². The third-order valence-electron chi connectivity index (χ3n) is 2.94. The summed E-state index contributed by atoms with van der Waals surface area (Å²) < 4.78 is 13.7. The van der Waals surface area contributed by atoms with Crippen LogP contribution in [0.2, 0.25) is 0 Å². The smallest absolute Gasteiger partial charge is 0.132 e. The van der Waals surface area contributed by atoms with Gasteiger partial charge in [0, 0.05) is 17.7 Å². The van der Waals surface area contributed by atoms with E-state index in [-0.39, 0.29) is 5.82 Å². The number of fused-ring (bicyclic) bond motifs is 1. The number of nitrogens with one attached hydrogen (secondary N) is 2. The van der Waals surface area contributed by atoms with Gasteiger partial charge in [0.1, 0.15) is 5.82 Å². The lowest BCUT2D eigenvalue weighted by atomic mass is 10.0. The van der Waals surface area contributed by atoms with Gasteiger partial charge in [0.25, 0.3) is 0 Å². The maximum atomic E-state index is 13.7. The molecule has 1 aliphatic heterocycles.